The number of aryl methyl sites for hydroxylation is 1. The predicted molar refractivity (Wildman–Crippen MR) is 128 cm³/mol. The molecule has 5 nitrogen and oxygen atoms in total. The van der Waals surface area contributed by atoms with Gasteiger partial charge in [-0.15, -0.1) is 0 Å². The van der Waals surface area contributed by atoms with Gasteiger partial charge in [0.05, 0.1) is 52.1 Å². The van der Waals surface area contributed by atoms with Crippen molar-refractivity contribution in [3.8, 4) is 0 Å². The molecular weight excluding hydrogens is 406 g/mol. The van der Waals surface area contributed by atoms with Crippen molar-refractivity contribution in [2.24, 2.45) is 12.5 Å². The summed E-state index contributed by atoms with van der Waals surface area (Å²) in [7, 11) is 4.38. The van der Waals surface area contributed by atoms with E-state index < -0.39 is 0 Å². The Balaban J connectivity index is 1.54. The highest BCUT2D eigenvalue weighted by molar-refractivity contribution is 8.13. The molecule has 1 aliphatic carbocycles. The molecule has 2 aliphatic rings. The van der Waals surface area contributed by atoms with Crippen LogP contribution in [0.15, 0.2) is 53.9 Å². The number of ether oxygens (including phenoxy) is 1. The number of carbonyl (C=O) groups excluding carboxylic acids is 1. The molecule has 2 heterocycles. The van der Waals surface area contributed by atoms with Crippen LogP contribution < -0.4 is 4.57 Å². The molecule has 0 aromatic carbocycles. The number of hydrogen-bond donors (Lipinski definition) is 0. The van der Waals surface area contributed by atoms with Crippen LogP contribution in [-0.2, 0) is 11.8 Å². The van der Waals surface area contributed by atoms with Crippen LogP contribution in [0.3, 0.4) is 0 Å². The first-order valence-electron chi connectivity index (χ1n) is 11.2. The summed E-state index contributed by atoms with van der Waals surface area (Å²) in [5.74, 6) is 0.816. The van der Waals surface area contributed by atoms with E-state index in [0.717, 1.165) is 43.0 Å². The molecule has 0 radical (unpaired) electrons. The number of rotatable bonds is 7. The monoisotopic (exact) mass is 443 g/mol. The number of carbonyl (C=O) groups is 1. The average molecular weight is 444 g/mol. The van der Waals surface area contributed by atoms with Crippen LogP contribution in [0, 0.1) is 5.41 Å². The lowest BCUT2D eigenvalue weighted by atomic mass is 9.83. The Morgan fingerprint density at radius 3 is 2.68 bits per heavy atom. The summed E-state index contributed by atoms with van der Waals surface area (Å²) in [4.78, 5) is 14.1. The van der Waals surface area contributed by atoms with E-state index in [0.29, 0.717) is 6.61 Å². The van der Waals surface area contributed by atoms with E-state index in [1.165, 1.54) is 28.7 Å². The Morgan fingerprint density at radius 1 is 1.26 bits per heavy atom. The van der Waals surface area contributed by atoms with E-state index >= 15 is 0 Å². The van der Waals surface area contributed by atoms with E-state index in [2.05, 4.69) is 80.0 Å². The molecule has 1 aromatic heterocycles. The van der Waals surface area contributed by atoms with Crippen molar-refractivity contribution in [2.45, 2.75) is 20.8 Å². The number of piperazine rings is 1. The molecule has 1 aliphatic heterocycles. The van der Waals surface area contributed by atoms with Crippen molar-refractivity contribution < 1.29 is 18.6 Å². The lowest BCUT2D eigenvalue weighted by Gasteiger charge is -2.45. The third kappa shape index (κ3) is 5.80. The zero-order valence-electron chi connectivity index (χ0n) is 19.6. The van der Waals surface area contributed by atoms with Crippen LogP contribution in [0.5, 0.6) is 0 Å². The quantitative estimate of drug-likeness (QED) is 0.362. The summed E-state index contributed by atoms with van der Waals surface area (Å²) >= 11 is 1.30. The summed E-state index contributed by atoms with van der Waals surface area (Å²) in [5.41, 5.74) is 3.96. The van der Waals surface area contributed by atoms with Gasteiger partial charge >= 0.3 is 5.30 Å². The van der Waals surface area contributed by atoms with Gasteiger partial charge in [0.2, 0.25) is 5.69 Å². The smallest absolute Gasteiger partial charge is 0.367 e. The molecule has 1 saturated heterocycles. The largest absolute Gasteiger partial charge is 0.458 e. The van der Waals surface area contributed by atoms with Crippen LogP contribution >= 0.6 is 11.8 Å². The van der Waals surface area contributed by atoms with Gasteiger partial charge < -0.3 is 14.1 Å². The van der Waals surface area contributed by atoms with Crippen LogP contribution in [0.4, 0.5) is 4.79 Å². The fourth-order valence-corrected chi connectivity index (χ4v) is 5.20. The molecule has 168 valence electrons. The number of quaternary nitrogens is 1. The van der Waals surface area contributed by atoms with Crippen LogP contribution in [0.1, 0.15) is 26.5 Å². The van der Waals surface area contributed by atoms with Crippen LogP contribution in [-0.4, -0.2) is 66.8 Å². The van der Waals surface area contributed by atoms with E-state index in [1.54, 1.807) is 0 Å². The molecule has 0 bridgehead atoms. The van der Waals surface area contributed by atoms with E-state index in [-0.39, 0.29) is 10.7 Å². The minimum absolute atomic E-state index is 0.00432. The Morgan fingerprint density at radius 2 is 2.00 bits per heavy atom. The van der Waals surface area contributed by atoms with E-state index in [1.807, 2.05) is 13.0 Å². The molecule has 1 aromatic rings. The van der Waals surface area contributed by atoms with Gasteiger partial charge in [-0.3, -0.25) is 0 Å². The van der Waals surface area contributed by atoms with Gasteiger partial charge in [0.1, 0.15) is 7.05 Å². The SMILES string of the molecule is CCOC(=O)SCC[N+]1(C)CCN(C2=CC=C(/C=C/c3cccc[n+]3C)C2(C)C)CC1. The summed E-state index contributed by atoms with van der Waals surface area (Å²) in [5, 5.41) is -0.152. The number of thioether (sulfide) groups is 1. The van der Waals surface area contributed by atoms with Gasteiger partial charge in [0.25, 0.3) is 0 Å². The molecule has 0 saturated carbocycles. The Hall–Kier alpha value is -2.05. The predicted octanol–water partition coefficient (Wildman–Crippen LogP) is 4.03. The van der Waals surface area contributed by atoms with E-state index in [4.69, 9.17) is 4.74 Å². The maximum atomic E-state index is 11.6. The molecule has 1 fully saturated rings. The summed E-state index contributed by atoms with van der Waals surface area (Å²) < 4.78 is 8.18. The van der Waals surface area contributed by atoms with Crippen molar-refractivity contribution in [1.82, 2.24) is 4.90 Å². The summed E-state index contributed by atoms with van der Waals surface area (Å²) in [6.45, 7) is 12.2. The third-order valence-electron chi connectivity index (χ3n) is 6.58. The first-order chi connectivity index (χ1) is 14.7. The van der Waals surface area contributed by atoms with Crippen molar-refractivity contribution in [3.05, 3.63) is 59.6 Å². The highest BCUT2D eigenvalue weighted by atomic mass is 32.2. The number of hydrogen-bond acceptors (Lipinski definition) is 4. The maximum Gasteiger partial charge on any atom is 0.367 e. The number of aromatic nitrogens is 1. The second-order valence-electron chi connectivity index (χ2n) is 9.18. The van der Waals surface area contributed by atoms with Crippen molar-refractivity contribution in [1.29, 1.82) is 0 Å². The first kappa shape index (κ1) is 23.6. The highest BCUT2D eigenvalue weighted by Gasteiger charge is 2.37. The zero-order chi connectivity index (χ0) is 22.5. The molecule has 0 N–H and O–H groups in total. The van der Waals surface area contributed by atoms with Gasteiger partial charge in [0, 0.05) is 29.3 Å². The molecule has 3 rings (SSSR count). The van der Waals surface area contributed by atoms with Gasteiger partial charge in [0.15, 0.2) is 6.20 Å². The molecule has 0 amide bonds. The van der Waals surface area contributed by atoms with Crippen LogP contribution in [0.25, 0.3) is 6.08 Å². The summed E-state index contributed by atoms with van der Waals surface area (Å²) in [6.07, 6.45) is 11.1. The number of nitrogens with zero attached hydrogens (tertiary/aromatic N) is 3. The number of allylic oxidation sites excluding steroid dienone is 4. The van der Waals surface area contributed by atoms with Gasteiger partial charge in [-0.25, -0.2) is 9.36 Å². The Labute approximate surface area is 191 Å². The molecule has 31 heavy (non-hydrogen) atoms. The minimum Gasteiger partial charge on any atom is -0.458 e. The average Bonchev–Trinajstić information content (AvgIpc) is 3.02. The van der Waals surface area contributed by atoms with Gasteiger partial charge in [-0.1, -0.05) is 26.0 Å². The second-order valence-corrected chi connectivity index (χ2v) is 10.2. The first-order valence-corrected chi connectivity index (χ1v) is 12.2. The lowest BCUT2D eigenvalue weighted by Crippen LogP contribution is -2.58. The zero-order valence-corrected chi connectivity index (χ0v) is 20.5. The fraction of sp³-hybridized carbons (Fsp3) is 0.520. The molecule has 6 heteroatoms. The number of pyridine rings is 1. The van der Waals surface area contributed by atoms with E-state index in [9.17, 15) is 4.79 Å². The normalized spacial score (nSPS) is 20.0. The molecule has 0 unspecified atom stereocenters. The van der Waals surface area contributed by atoms with Crippen LogP contribution in [0.2, 0.25) is 0 Å². The summed E-state index contributed by atoms with van der Waals surface area (Å²) in [6, 6.07) is 6.26. The number of likely N-dealkylation sites (N-methyl/N-ethyl adjacent to an activating group) is 1. The topological polar surface area (TPSA) is 33.4 Å². The molecule has 0 spiro atoms. The molecular formula is C25H37N3O2S+2. The highest BCUT2D eigenvalue weighted by Crippen LogP contribution is 2.42. The van der Waals surface area contributed by atoms with Crippen molar-refractivity contribution in [2.75, 3.05) is 52.1 Å². The van der Waals surface area contributed by atoms with Crippen molar-refractivity contribution in [3.63, 3.8) is 0 Å². The second kappa shape index (κ2) is 10.0. The fourth-order valence-electron chi connectivity index (χ4n) is 4.30. The van der Waals surface area contributed by atoms with Crippen molar-refractivity contribution >= 4 is 23.1 Å². The Bertz CT molecular complexity index is 881. The molecule has 0 atom stereocenters. The third-order valence-corrected chi connectivity index (χ3v) is 7.33. The lowest BCUT2D eigenvalue weighted by molar-refractivity contribution is -0.911. The Kier molecular flexibility index (Phi) is 7.65. The van der Waals surface area contributed by atoms with Gasteiger partial charge in [-0.05, 0) is 36.4 Å². The standard InChI is InChI=1S/C25H37N3O2S/c1-6-30-24(29)31-20-19-28(5)17-15-27(16-18-28)23-13-11-21(25(23,2)3)10-12-22-9-7-8-14-26(22)4/h7-14H,6,15-20H2,1-5H3/q+2. The van der Waals surface area contributed by atoms with Gasteiger partial charge in [-0.2, -0.15) is 0 Å². The minimum atomic E-state index is -0.152. The maximum absolute atomic E-state index is 11.6.